The van der Waals surface area contributed by atoms with E-state index in [0.717, 1.165) is 17.7 Å². The highest BCUT2D eigenvalue weighted by molar-refractivity contribution is 7.15. The molecule has 0 radical (unpaired) electrons. The van der Waals surface area contributed by atoms with Crippen LogP contribution in [0, 0.1) is 0 Å². The molecule has 0 aliphatic carbocycles. The smallest absolute Gasteiger partial charge is 0.180 e. The molecule has 1 heterocycles. The predicted octanol–water partition coefficient (Wildman–Crippen LogP) is 2.95. The molecule has 0 aliphatic rings. The fraction of sp³-hybridized carbons (Fsp3) is 0.182. The Kier molecular flexibility index (Phi) is 2.50. The van der Waals surface area contributed by atoms with E-state index in [1.165, 1.54) is 4.88 Å². The summed E-state index contributed by atoms with van der Waals surface area (Å²) in [6.07, 6.45) is 0.985. The lowest BCUT2D eigenvalue weighted by atomic mass is 10.1. The molecule has 14 heavy (non-hydrogen) atoms. The van der Waals surface area contributed by atoms with Crippen LogP contribution in [0.1, 0.15) is 11.8 Å². The van der Waals surface area contributed by atoms with Crippen LogP contribution in [0.4, 0.5) is 5.13 Å². The first-order valence-corrected chi connectivity index (χ1v) is 5.43. The zero-order valence-electron chi connectivity index (χ0n) is 8.03. The molecular formula is C11H12N2S. The summed E-state index contributed by atoms with van der Waals surface area (Å²) in [7, 11) is 0. The van der Waals surface area contributed by atoms with Crippen LogP contribution in [0.5, 0.6) is 0 Å². The fourth-order valence-electron chi connectivity index (χ4n) is 1.43. The van der Waals surface area contributed by atoms with Gasteiger partial charge in [-0.2, -0.15) is 0 Å². The third-order valence-corrected chi connectivity index (χ3v) is 3.11. The number of anilines is 1. The Balaban J connectivity index is 2.51. The first-order valence-electron chi connectivity index (χ1n) is 4.62. The number of aromatic nitrogens is 1. The van der Waals surface area contributed by atoms with Gasteiger partial charge in [0.15, 0.2) is 5.13 Å². The molecule has 1 aromatic carbocycles. The largest absolute Gasteiger partial charge is 0.375 e. The fourth-order valence-corrected chi connectivity index (χ4v) is 2.22. The minimum Gasteiger partial charge on any atom is -0.375 e. The molecule has 0 saturated carbocycles. The van der Waals surface area contributed by atoms with Gasteiger partial charge in [-0.1, -0.05) is 37.3 Å². The Hall–Kier alpha value is -1.35. The van der Waals surface area contributed by atoms with Crippen molar-refractivity contribution in [1.29, 1.82) is 0 Å². The molecule has 1 aromatic heterocycles. The van der Waals surface area contributed by atoms with Crippen LogP contribution in [0.15, 0.2) is 30.3 Å². The van der Waals surface area contributed by atoms with Gasteiger partial charge in [0.1, 0.15) is 0 Å². The highest BCUT2D eigenvalue weighted by Crippen LogP contribution is 2.29. The molecule has 3 heteroatoms. The van der Waals surface area contributed by atoms with Gasteiger partial charge in [0.2, 0.25) is 0 Å². The molecule has 0 saturated heterocycles. The Morgan fingerprint density at radius 3 is 2.64 bits per heavy atom. The van der Waals surface area contributed by atoms with Crippen LogP contribution in [-0.4, -0.2) is 4.98 Å². The van der Waals surface area contributed by atoms with E-state index in [2.05, 4.69) is 24.0 Å². The molecule has 0 spiro atoms. The first kappa shape index (κ1) is 9.21. The van der Waals surface area contributed by atoms with Crippen LogP contribution in [-0.2, 0) is 6.42 Å². The molecule has 0 bridgehead atoms. The van der Waals surface area contributed by atoms with Crippen molar-refractivity contribution in [2.75, 3.05) is 5.73 Å². The van der Waals surface area contributed by atoms with E-state index in [4.69, 9.17) is 5.73 Å². The lowest BCUT2D eigenvalue weighted by Crippen LogP contribution is -1.84. The quantitative estimate of drug-likeness (QED) is 0.816. The van der Waals surface area contributed by atoms with E-state index < -0.39 is 0 Å². The van der Waals surface area contributed by atoms with Crippen molar-refractivity contribution < 1.29 is 0 Å². The Morgan fingerprint density at radius 1 is 1.29 bits per heavy atom. The van der Waals surface area contributed by atoms with E-state index >= 15 is 0 Å². The van der Waals surface area contributed by atoms with Crippen LogP contribution in [0.2, 0.25) is 0 Å². The first-order chi connectivity index (χ1) is 6.81. The van der Waals surface area contributed by atoms with Gasteiger partial charge < -0.3 is 5.73 Å². The van der Waals surface area contributed by atoms with Gasteiger partial charge in [-0.3, -0.25) is 0 Å². The van der Waals surface area contributed by atoms with E-state index in [1.54, 1.807) is 11.3 Å². The monoisotopic (exact) mass is 204 g/mol. The Morgan fingerprint density at radius 2 is 2.00 bits per heavy atom. The summed E-state index contributed by atoms with van der Waals surface area (Å²) >= 11 is 1.58. The number of hydrogen-bond acceptors (Lipinski definition) is 3. The van der Waals surface area contributed by atoms with Gasteiger partial charge in [0.25, 0.3) is 0 Å². The maximum Gasteiger partial charge on any atom is 0.180 e. The summed E-state index contributed by atoms with van der Waals surface area (Å²) < 4.78 is 0. The van der Waals surface area contributed by atoms with E-state index in [0.29, 0.717) is 5.13 Å². The average Bonchev–Trinajstić information content (AvgIpc) is 2.61. The van der Waals surface area contributed by atoms with Gasteiger partial charge in [-0.25, -0.2) is 4.98 Å². The molecule has 0 amide bonds. The second-order valence-electron chi connectivity index (χ2n) is 3.04. The third-order valence-electron chi connectivity index (χ3n) is 2.08. The highest BCUT2D eigenvalue weighted by atomic mass is 32.1. The number of rotatable bonds is 2. The van der Waals surface area contributed by atoms with Crippen LogP contribution >= 0.6 is 11.3 Å². The lowest BCUT2D eigenvalue weighted by Gasteiger charge is -1.98. The topological polar surface area (TPSA) is 38.9 Å². The lowest BCUT2D eigenvalue weighted by molar-refractivity contribution is 1.17. The summed E-state index contributed by atoms with van der Waals surface area (Å²) in [5.41, 5.74) is 7.89. The predicted molar refractivity (Wildman–Crippen MR) is 61.3 cm³/mol. The molecular weight excluding hydrogens is 192 g/mol. The van der Waals surface area contributed by atoms with Crippen LogP contribution in [0.3, 0.4) is 0 Å². The number of nitrogens with zero attached hydrogens (tertiary/aromatic N) is 1. The minimum atomic E-state index is 0.653. The second-order valence-corrected chi connectivity index (χ2v) is 4.16. The summed E-state index contributed by atoms with van der Waals surface area (Å²) in [6.45, 7) is 2.12. The minimum absolute atomic E-state index is 0.653. The number of thiazole rings is 1. The van der Waals surface area contributed by atoms with E-state index in [9.17, 15) is 0 Å². The molecule has 72 valence electrons. The zero-order valence-corrected chi connectivity index (χ0v) is 8.84. The van der Waals surface area contributed by atoms with Crippen molar-refractivity contribution in [2.24, 2.45) is 0 Å². The van der Waals surface area contributed by atoms with Crippen molar-refractivity contribution in [2.45, 2.75) is 13.3 Å². The number of nitrogens with two attached hydrogens (primary N) is 1. The van der Waals surface area contributed by atoms with E-state index in [-0.39, 0.29) is 0 Å². The summed E-state index contributed by atoms with van der Waals surface area (Å²) in [5.74, 6) is 0. The number of benzene rings is 1. The Bertz CT molecular complexity index is 420. The number of hydrogen-bond donors (Lipinski definition) is 1. The van der Waals surface area contributed by atoms with Crippen LogP contribution < -0.4 is 5.73 Å². The van der Waals surface area contributed by atoms with Crippen molar-refractivity contribution in [3.05, 3.63) is 35.2 Å². The van der Waals surface area contributed by atoms with Crippen molar-refractivity contribution in [3.63, 3.8) is 0 Å². The molecule has 2 rings (SSSR count). The second kappa shape index (κ2) is 3.80. The van der Waals surface area contributed by atoms with Gasteiger partial charge in [0, 0.05) is 10.4 Å². The average molecular weight is 204 g/mol. The standard InChI is InChI=1S/C11H12N2S/c1-2-9-10(13-11(12)14-9)8-6-4-3-5-7-8/h3-7H,2H2,1H3,(H2,12,13). The maximum absolute atomic E-state index is 5.70. The maximum atomic E-state index is 5.70. The van der Waals surface area contributed by atoms with Gasteiger partial charge in [-0.15, -0.1) is 11.3 Å². The van der Waals surface area contributed by atoms with Crippen LogP contribution in [0.25, 0.3) is 11.3 Å². The number of aryl methyl sites for hydroxylation is 1. The van der Waals surface area contributed by atoms with Crippen molar-refractivity contribution in [3.8, 4) is 11.3 Å². The molecule has 2 nitrogen and oxygen atoms in total. The van der Waals surface area contributed by atoms with Gasteiger partial charge in [0.05, 0.1) is 5.69 Å². The Labute approximate surface area is 87.4 Å². The molecule has 0 unspecified atom stereocenters. The van der Waals surface area contributed by atoms with Gasteiger partial charge >= 0.3 is 0 Å². The van der Waals surface area contributed by atoms with Crippen molar-refractivity contribution in [1.82, 2.24) is 4.98 Å². The van der Waals surface area contributed by atoms with Gasteiger partial charge in [-0.05, 0) is 6.42 Å². The normalized spacial score (nSPS) is 10.4. The summed E-state index contributed by atoms with van der Waals surface area (Å²) in [6, 6.07) is 10.2. The number of nitrogen functional groups attached to an aromatic ring is 1. The summed E-state index contributed by atoms with van der Waals surface area (Å²) in [5, 5.41) is 0.653. The third kappa shape index (κ3) is 1.63. The molecule has 0 aliphatic heterocycles. The SMILES string of the molecule is CCc1sc(N)nc1-c1ccccc1. The highest BCUT2D eigenvalue weighted by Gasteiger charge is 2.08. The zero-order chi connectivity index (χ0) is 9.97. The summed E-state index contributed by atoms with van der Waals surface area (Å²) in [4.78, 5) is 5.61. The molecule has 0 fully saturated rings. The van der Waals surface area contributed by atoms with Crippen molar-refractivity contribution >= 4 is 16.5 Å². The molecule has 2 N–H and O–H groups in total. The molecule has 2 aromatic rings. The molecule has 0 atom stereocenters. The van der Waals surface area contributed by atoms with E-state index in [1.807, 2.05) is 18.2 Å².